The smallest absolute Gasteiger partial charge is 0.154 e. The molecular weight excluding hydrogens is 380 g/mol. The van der Waals surface area contributed by atoms with Gasteiger partial charge in [-0.25, -0.2) is 9.98 Å². The van der Waals surface area contributed by atoms with Crippen LogP contribution in [0.2, 0.25) is 0 Å². The van der Waals surface area contributed by atoms with Gasteiger partial charge in [0.15, 0.2) is 5.82 Å². The van der Waals surface area contributed by atoms with Crippen molar-refractivity contribution in [2.45, 2.75) is 66.5 Å². The molecule has 1 aromatic heterocycles. The van der Waals surface area contributed by atoms with Crippen LogP contribution < -0.4 is 5.32 Å². The van der Waals surface area contributed by atoms with E-state index in [1.54, 1.807) is 0 Å². The molecule has 1 unspecified atom stereocenters. The van der Waals surface area contributed by atoms with Gasteiger partial charge >= 0.3 is 0 Å². The van der Waals surface area contributed by atoms with Gasteiger partial charge < -0.3 is 5.32 Å². The summed E-state index contributed by atoms with van der Waals surface area (Å²) in [5.41, 5.74) is 7.36. The number of nitrogens with zero attached hydrogens (tertiary/aromatic N) is 3. The lowest BCUT2D eigenvalue weighted by molar-refractivity contribution is 0.260. The minimum absolute atomic E-state index is 0.666. The molecule has 1 aromatic carbocycles. The van der Waals surface area contributed by atoms with E-state index in [9.17, 15) is 0 Å². The summed E-state index contributed by atoms with van der Waals surface area (Å²) >= 11 is 0. The molecular formula is C27H36N4. The van der Waals surface area contributed by atoms with E-state index in [0.717, 1.165) is 30.3 Å². The van der Waals surface area contributed by atoms with Gasteiger partial charge in [-0.1, -0.05) is 38.1 Å². The number of allylic oxidation sites excluding steroid dienone is 3. The molecule has 4 rings (SSSR count). The molecule has 3 heterocycles. The Bertz CT molecular complexity index is 982. The predicted octanol–water partition coefficient (Wildman–Crippen LogP) is 6.77. The summed E-state index contributed by atoms with van der Waals surface area (Å²) in [4.78, 5) is 11.8. The SMILES string of the molecule is C=CC(=C(C)C)c1ccc2c(c1)CC(=Nc1cc(CN3CCCC3C)ccn1)N2.CC. The van der Waals surface area contributed by atoms with Crippen LogP contribution in [0.5, 0.6) is 0 Å². The third kappa shape index (κ3) is 5.50. The van der Waals surface area contributed by atoms with Gasteiger partial charge in [-0.15, -0.1) is 0 Å². The third-order valence-corrected chi connectivity index (χ3v) is 5.93. The molecule has 0 saturated carbocycles. The van der Waals surface area contributed by atoms with Crippen LogP contribution in [-0.4, -0.2) is 28.3 Å². The predicted molar refractivity (Wildman–Crippen MR) is 134 cm³/mol. The third-order valence-electron chi connectivity index (χ3n) is 5.93. The van der Waals surface area contributed by atoms with E-state index in [4.69, 9.17) is 4.99 Å². The summed E-state index contributed by atoms with van der Waals surface area (Å²) in [6.45, 7) is 16.7. The van der Waals surface area contributed by atoms with Crippen molar-refractivity contribution in [1.29, 1.82) is 0 Å². The lowest BCUT2D eigenvalue weighted by atomic mass is 9.98. The van der Waals surface area contributed by atoms with Crippen molar-refractivity contribution in [3.63, 3.8) is 0 Å². The maximum absolute atomic E-state index is 4.80. The lowest BCUT2D eigenvalue weighted by Gasteiger charge is -2.20. The lowest BCUT2D eigenvalue weighted by Crippen LogP contribution is -2.26. The first-order valence-corrected chi connectivity index (χ1v) is 11.5. The summed E-state index contributed by atoms with van der Waals surface area (Å²) in [6, 6.07) is 11.4. The standard InChI is InChI=1S/C25H30N4.C2H6/c1-5-22(17(2)3)20-8-9-23-21(14-20)15-25(27-23)28-24-13-19(10-11-26-24)16-29-12-6-7-18(29)4;1-2/h5,8-11,13-14,18H,1,6-7,12,15-16H2,2-4H3,(H,26,27,28);1-2H3. The molecule has 0 amide bonds. The summed E-state index contributed by atoms with van der Waals surface area (Å²) in [6.07, 6.45) is 7.20. The van der Waals surface area contributed by atoms with Crippen molar-refractivity contribution < 1.29 is 0 Å². The van der Waals surface area contributed by atoms with Gasteiger partial charge in [0.2, 0.25) is 0 Å². The van der Waals surface area contributed by atoms with E-state index >= 15 is 0 Å². The van der Waals surface area contributed by atoms with E-state index in [-0.39, 0.29) is 0 Å². The Labute approximate surface area is 187 Å². The normalized spacial score (nSPS) is 18.7. The number of benzene rings is 1. The molecule has 2 aliphatic heterocycles. The number of aromatic nitrogens is 1. The number of likely N-dealkylation sites (tertiary alicyclic amines) is 1. The second-order valence-electron chi connectivity index (χ2n) is 8.33. The second-order valence-corrected chi connectivity index (χ2v) is 8.33. The molecule has 1 atom stereocenters. The molecule has 0 radical (unpaired) electrons. The Balaban J connectivity index is 0.00000132. The van der Waals surface area contributed by atoms with E-state index in [0.29, 0.717) is 6.04 Å². The van der Waals surface area contributed by atoms with Crippen LogP contribution in [0.15, 0.2) is 59.7 Å². The largest absolute Gasteiger partial charge is 0.343 e. The zero-order chi connectivity index (χ0) is 22.4. The highest BCUT2D eigenvalue weighted by Gasteiger charge is 2.20. The molecule has 4 nitrogen and oxygen atoms in total. The van der Waals surface area contributed by atoms with E-state index < -0.39 is 0 Å². The highest BCUT2D eigenvalue weighted by atomic mass is 15.2. The molecule has 0 spiro atoms. The molecule has 1 N–H and O–H groups in total. The molecule has 1 fully saturated rings. The Morgan fingerprint density at radius 2 is 2.06 bits per heavy atom. The van der Waals surface area contributed by atoms with Crippen LogP contribution in [-0.2, 0) is 13.0 Å². The van der Waals surface area contributed by atoms with E-state index in [2.05, 4.69) is 72.9 Å². The zero-order valence-electron chi connectivity index (χ0n) is 19.7. The number of fused-ring (bicyclic) bond motifs is 1. The fourth-order valence-corrected chi connectivity index (χ4v) is 4.31. The summed E-state index contributed by atoms with van der Waals surface area (Å²) in [5.74, 6) is 1.73. The van der Waals surface area contributed by atoms with Gasteiger partial charge in [0, 0.05) is 30.9 Å². The van der Waals surface area contributed by atoms with Gasteiger partial charge in [0.25, 0.3) is 0 Å². The summed E-state index contributed by atoms with van der Waals surface area (Å²) < 4.78 is 0. The van der Waals surface area contributed by atoms with E-state index in [1.165, 1.54) is 47.2 Å². The Morgan fingerprint density at radius 3 is 2.74 bits per heavy atom. The number of hydrogen-bond acceptors (Lipinski definition) is 3. The van der Waals surface area contributed by atoms with Gasteiger partial charge in [0.05, 0.1) is 0 Å². The number of nitrogens with one attached hydrogen (secondary N) is 1. The van der Waals surface area contributed by atoms with Crippen molar-refractivity contribution in [3.8, 4) is 0 Å². The number of aliphatic imine (C=N–C) groups is 1. The average Bonchev–Trinajstić information content (AvgIpc) is 3.35. The Morgan fingerprint density at radius 1 is 1.26 bits per heavy atom. The van der Waals surface area contributed by atoms with Crippen LogP contribution in [0.25, 0.3) is 5.57 Å². The highest BCUT2D eigenvalue weighted by Crippen LogP contribution is 2.30. The van der Waals surface area contributed by atoms with Gasteiger partial charge in [-0.05, 0) is 86.7 Å². The fraction of sp³-hybridized carbons (Fsp3) is 0.407. The molecule has 1 saturated heterocycles. The van der Waals surface area contributed by atoms with Crippen LogP contribution in [0.4, 0.5) is 11.5 Å². The minimum Gasteiger partial charge on any atom is -0.343 e. The zero-order valence-corrected chi connectivity index (χ0v) is 19.7. The number of amidine groups is 1. The second kappa shape index (κ2) is 10.5. The van der Waals surface area contributed by atoms with Crippen molar-refractivity contribution >= 4 is 22.9 Å². The van der Waals surface area contributed by atoms with Crippen molar-refractivity contribution in [3.05, 3.63) is 71.4 Å². The molecule has 2 aromatic rings. The number of hydrogen-bond donors (Lipinski definition) is 1. The fourth-order valence-electron chi connectivity index (χ4n) is 4.31. The quantitative estimate of drug-likeness (QED) is 0.547. The summed E-state index contributed by atoms with van der Waals surface area (Å²) in [5, 5.41) is 3.45. The van der Waals surface area contributed by atoms with Crippen molar-refractivity contribution in [1.82, 2.24) is 9.88 Å². The number of pyridine rings is 1. The molecule has 0 bridgehead atoms. The van der Waals surface area contributed by atoms with Gasteiger partial charge in [0.1, 0.15) is 5.84 Å². The molecule has 0 aliphatic carbocycles. The van der Waals surface area contributed by atoms with Crippen molar-refractivity contribution in [2.24, 2.45) is 4.99 Å². The molecule has 4 heteroatoms. The van der Waals surface area contributed by atoms with Gasteiger partial charge in [-0.2, -0.15) is 0 Å². The van der Waals surface area contributed by atoms with Crippen LogP contribution in [0, 0.1) is 0 Å². The van der Waals surface area contributed by atoms with Crippen LogP contribution in [0.3, 0.4) is 0 Å². The molecule has 164 valence electrons. The first-order chi connectivity index (χ1) is 15.0. The maximum Gasteiger partial charge on any atom is 0.154 e. The summed E-state index contributed by atoms with van der Waals surface area (Å²) in [7, 11) is 0. The highest BCUT2D eigenvalue weighted by molar-refractivity contribution is 6.04. The maximum atomic E-state index is 4.80. The minimum atomic E-state index is 0.666. The molecule has 31 heavy (non-hydrogen) atoms. The van der Waals surface area contributed by atoms with Crippen LogP contribution >= 0.6 is 0 Å². The monoisotopic (exact) mass is 416 g/mol. The first-order valence-electron chi connectivity index (χ1n) is 11.5. The Kier molecular flexibility index (Phi) is 7.80. The van der Waals surface area contributed by atoms with Gasteiger partial charge in [-0.3, -0.25) is 4.90 Å². The number of rotatable bonds is 5. The molecule has 2 aliphatic rings. The van der Waals surface area contributed by atoms with Crippen molar-refractivity contribution in [2.75, 3.05) is 11.9 Å². The Hall–Kier alpha value is -2.72. The van der Waals surface area contributed by atoms with Crippen LogP contribution in [0.1, 0.15) is 64.2 Å². The topological polar surface area (TPSA) is 40.5 Å². The number of anilines is 1. The first kappa shape index (κ1) is 23.0. The van der Waals surface area contributed by atoms with E-state index in [1.807, 2.05) is 26.1 Å². The average molecular weight is 417 g/mol.